The summed E-state index contributed by atoms with van der Waals surface area (Å²) in [5.74, 6) is 0.956. The SMILES string of the molecule is Cc1cc(/C=N/NC(=O)CSCc2cccc(Br)c2)c(C)n1-c1cc(Cl)ccc1Cl. The Morgan fingerprint density at radius 3 is 2.77 bits per heavy atom. The average Bonchev–Trinajstić information content (AvgIpc) is 2.97. The van der Waals surface area contributed by atoms with Crippen LogP contribution in [0.5, 0.6) is 0 Å². The first-order valence-electron chi connectivity index (χ1n) is 9.13. The van der Waals surface area contributed by atoms with Crippen LogP contribution in [0.15, 0.2) is 58.1 Å². The lowest BCUT2D eigenvalue weighted by atomic mass is 10.2. The van der Waals surface area contributed by atoms with Crippen molar-refractivity contribution in [1.82, 2.24) is 9.99 Å². The topological polar surface area (TPSA) is 46.4 Å². The summed E-state index contributed by atoms with van der Waals surface area (Å²) in [6.45, 7) is 3.96. The van der Waals surface area contributed by atoms with Gasteiger partial charge in [0.25, 0.3) is 0 Å². The van der Waals surface area contributed by atoms with Gasteiger partial charge in [0, 0.05) is 32.2 Å². The van der Waals surface area contributed by atoms with Crippen molar-refractivity contribution in [1.29, 1.82) is 0 Å². The van der Waals surface area contributed by atoms with E-state index in [1.165, 1.54) is 0 Å². The molecule has 1 N–H and O–H groups in total. The number of carbonyl (C=O) groups excluding carboxylic acids is 1. The Kier molecular flexibility index (Phi) is 8.06. The quantitative estimate of drug-likeness (QED) is 0.281. The lowest BCUT2D eigenvalue weighted by Crippen LogP contribution is -2.19. The fraction of sp³-hybridized carbons (Fsp3) is 0.182. The van der Waals surface area contributed by atoms with Crippen LogP contribution < -0.4 is 5.43 Å². The maximum absolute atomic E-state index is 12.1. The first-order valence-corrected chi connectivity index (χ1v) is 11.8. The number of hydrogen-bond donors (Lipinski definition) is 1. The fourth-order valence-corrected chi connectivity index (χ4v) is 4.62. The number of benzene rings is 2. The molecule has 0 spiro atoms. The Labute approximate surface area is 198 Å². The molecule has 0 aliphatic carbocycles. The molecular formula is C22H20BrCl2N3OS. The molecule has 0 radical (unpaired) electrons. The van der Waals surface area contributed by atoms with Crippen LogP contribution in [0.4, 0.5) is 0 Å². The first-order chi connectivity index (χ1) is 14.3. The minimum Gasteiger partial charge on any atom is -0.316 e. The number of carbonyl (C=O) groups is 1. The van der Waals surface area contributed by atoms with Crippen LogP contribution >= 0.6 is 50.9 Å². The van der Waals surface area contributed by atoms with Gasteiger partial charge in [-0.2, -0.15) is 5.10 Å². The Hall–Kier alpha value is -1.73. The van der Waals surface area contributed by atoms with Gasteiger partial charge in [0.1, 0.15) is 0 Å². The largest absolute Gasteiger partial charge is 0.316 e. The number of halogens is 3. The number of rotatable bonds is 7. The first kappa shape index (κ1) is 22.9. The van der Waals surface area contributed by atoms with E-state index < -0.39 is 0 Å². The smallest absolute Gasteiger partial charge is 0.250 e. The number of hydrazone groups is 1. The van der Waals surface area contributed by atoms with E-state index in [0.717, 1.165) is 38.4 Å². The molecule has 0 unspecified atom stereocenters. The van der Waals surface area contributed by atoms with Gasteiger partial charge < -0.3 is 4.57 Å². The van der Waals surface area contributed by atoms with Crippen molar-refractivity contribution in [3.8, 4) is 5.69 Å². The number of thioether (sulfide) groups is 1. The lowest BCUT2D eigenvalue weighted by molar-refractivity contribution is -0.118. The third kappa shape index (κ3) is 5.91. The molecular weight excluding hydrogens is 505 g/mol. The summed E-state index contributed by atoms with van der Waals surface area (Å²) < 4.78 is 3.05. The van der Waals surface area contributed by atoms with E-state index in [1.807, 2.05) is 54.8 Å². The number of nitrogens with one attached hydrogen (secondary N) is 1. The van der Waals surface area contributed by atoms with Gasteiger partial charge in [0.2, 0.25) is 5.91 Å². The molecule has 3 rings (SSSR count). The van der Waals surface area contributed by atoms with Crippen LogP contribution in [0.3, 0.4) is 0 Å². The summed E-state index contributed by atoms with van der Waals surface area (Å²) in [5, 5.41) is 5.34. The molecule has 0 atom stereocenters. The molecule has 0 aliphatic heterocycles. The molecule has 1 heterocycles. The summed E-state index contributed by atoms with van der Waals surface area (Å²) in [4.78, 5) is 12.1. The third-order valence-corrected chi connectivity index (χ3v) is 6.45. The molecule has 8 heteroatoms. The zero-order valence-electron chi connectivity index (χ0n) is 16.5. The highest BCUT2D eigenvalue weighted by atomic mass is 79.9. The molecule has 0 saturated heterocycles. The molecule has 4 nitrogen and oxygen atoms in total. The van der Waals surface area contributed by atoms with Crippen LogP contribution in [0.1, 0.15) is 22.5 Å². The van der Waals surface area contributed by atoms with Crippen LogP contribution in [-0.2, 0) is 10.5 Å². The van der Waals surface area contributed by atoms with Crippen molar-refractivity contribution in [3.63, 3.8) is 0 Å². The van der Waals surface area contributed by atoms with Gasteiger partial charge in [-0.05, 0) is 55.8 Å². The Morgan fingerprint density at radius 2 is 2.00 bits per heavy atom. The molecule has 0 fully saturated rings. The second kappa shape index (κ2) is 10.5. The van der Waals surface area contributed by atoms with Gasteiger partial charge in [-0.1, -0.05) is 51.3 Å². The maximum Gasteiger partial charge on any atom is 0.250 e. The van der Waals surface area contributed by atoms with Crippen molar-refractivity contribution in [2.45, 2.75) is 19.6 Å². The number of amides is 1. The average molecular weight is 525 g/mol. The highest BCUT2D eigenvalue weighted by Crippen LogP contribution is 2.28. The van der Waals surface area contributed by atoms with Crippen molar-refractivity contribution in [2.24, 2.45) is 5.10 Å². The molecule has 1 aromatic heterocycles. The van der Waals surface area contributed by atoms with Gasteiger partial charge in [-0.15, -0.1) is 11.8 Å². The summed E-state index contributed by atoms with van der Waals surface area (Å²) in [7, 11) is 0. The van der Waals surface area contributed by atoms with E-state index in [1.54, 1.807) is 30.1 Å². The minimum absolute atomic E-state index is 0.141. The van der Waals surface area contributed by atoms with E-state index in [0.29, 0.717) is 15.8 Å². The monoisotopic (exact) mass is 523 g/mol. The standard InChI is InChI=1S/C22H20BrCl2N3OS/c1-14-8-17(15(2)28(14)21-10-19(24)6-7-20(21)25)11-26-27-22(29)13-30-12-16-4-3-5-18(23)9-16/h3-11H,12-13H2,1-2H3,(H,27,29)/b26-11+. The molecule has 0 saturated carbocycles. The molecule has 2 aromatic carbocycles. The van der Waals surface area contributed by atoms with Gasteiger partial charge in [-0.3, -0.25) is 4.79 Å². The highest BCUT2D eigenvalue weighted by molar-refractivity contribution is 9.10. The molecule has 0 aliphatic rings. The number of nitrogens with zero attached hydrogens (tertiary/aromatic N) is 2. The maximum atomic E-state index is 12.1. The zero-order chi connectivity index (χ0) is 21.7. The number of aryl methyl sites for hydroxylation is 1. The van der Waals surface area contributed by atoms with Crippen LogP contribution in [0.2, 0.25) is 10.0 Å². The Balaban J connectivity index is 1.60. The molecule has 30 heavy (non-hydrogen) atoms. The zero-order valence-corrected chi connectivity index (χ0v) is 20.4. The fourth-order valence-electron chi connectivity index (χ4n) is 3.04. The van der Waals surface area contributed by atoms with Gasteiger partial charge >= 0.3 is 0 Å². The third-order valence-electron chi connectivity index (χ3n) is 4.40. The van der Waals surface area contributed by atoms with E-state index >= 15 is 0 Å². The van der Waals surface area contributed by atoms with Crippen LogP contribution in [0, 0.1) is 13.8 Å². The van der Waals surface area contributed by atoms with E-state index in [2.05, 4.69) is 26.5 Å². The van der Waals surface area contributed by atoms with Crippen molar-refractivity contribution >= 4 is 63.0 Å². The molecule has 1 amide bonds. The van der Waals surface area contributed by atoms with Gasteiger partial charge in [-0.25, -0.2) is 5.43 Å². The summed E-state index contributed by atoms with van der Waals surface area (Å²) in [6, 6.07) is 15.4. The predicted octanol–water partition coefficient (Wildman–Crippen LogP) is 6.55. The summed E-state index contributed by atoms with van der Waals surface area (Å²) in [5.41, 5.74) is 7.41. The van der Waals surface area contributed by atoms with Crippen molar-refractivity contribution < 1.29 is 4.79 Å². The number of aromatic nitrogens is 1. The van der Waals surface area contributed by atoms with E-state index in [9.17, 15) is 4.79 Å². The van der Waals surface area contributed by atoms with E-state index in [4.69, 9.17) is 23.2 Å². The second-order valence-corrected chi connectivity index (χ2v) is 9.42. The Morgan fingerprint density at radius 1 is 1.20 bits per heavy atom. The molecule has 156 valence electrons. The molecule has 3 aromatic rings. The van der Waals surface area contributed by atoms with Crippen molar-refractivity contribution in [3.05, 3.63) is 85.6 Å². The minimum atomic E-state index is -0.141. The predicted molar refractivity (Wildman–Crippen MR) is 131 cm³/mol. The van der Waals surface area contributed by atoms with Gasteiger partial charge in [0.05, 0.1) is 22.7 Å². The van der Waals surface area contributed by atoms with E-state index in [-0.39, 0.29) is 5.91 Å². The normalized spacial score (nSPS) is 11.2. The van der Waals surface area contributed by atoms with Crippen molar-refractivity contribution in [2.75, 3.05) is 5.75 Å². The van der Waals surface area contributed by atoms with Crippen LogP contribution in [0.25, 0.3) is 5.69 Å². The summed E-state index contributed by atoms with van der Waals surface area (Å²) >= 11 is 17.5. The second-order valence-electron chi connectivity index (χ2n) is 6.67. The lowest BCUT2D eigenvalue weighted by Gasteiger charge is -2.12. The highest BCUT2D eigenvalue weighted by Gasteiger charge is 2.12. The summed E-state index contributed by atoms with van der Waals surface area (Å²) in [6.07, 6.45) is 1.65. The number of hydrogen-bond acceptors (Lipinski definition) is 3. The van der Waals surface area contributed by atoms with Crippen LogP contribution in [-0.4, -0.2) is 22.4 Å². The van der Waals surface area contributed by atoms with Gasteiger partial charge in [0.15, 0.2) is 0 Å². The molecule has 0 bridgehead atoms. The Bertz CT molecular complexity index is 1100.